The molecule has 0 aliphatic carbocycles. The van der Waals surface area contributed by atoms with E-state index in [1.807, 2.05) is 0 Å². The van der Waals surface area contributed by atoms with Crippen molar-refractivity contribution in [1.82, 2.24) is 10.6 Å². The molecule has 2 rings (SSSR count). The van der Waals surface area contributed by atoms with E-state index < -0.39 is 48.0 Å². The lowest BCUT2D eigenvalue weighted by Crippen LogP contribution is -2.49. The molecule has 11 heteroatoms. The zero-order valence-corrected chi connectivity index (χ0v) is 10.2. The van der Waals surface area contributed by atoms with Gasteiger partial charge in [-0.2, -0.15) is 0 Å². The van der Waals surface area contributed by atoms with E-state index in [1.54, 1.807) is 0 Å². The lowest BCUT2D eigenvalue weighted by atomic mass is 10.1. The number of fused-ring (bicyclic) bond motifs is 1. The summed E-state index contributed by atoms with van der Waals surface area (Å²) >= 11 is 0. The maximum atomic E-state index is 11.4. The summed E-state index contributed by atoms with van der Waals surface area (Å²) in [4.78, 5) is 36.4. The van der Waals surface area contributed by atoms with Crippen LogP contribution in [0.2, 0.25) is 0 Å². The van der Waals surface area contributed by atoms with Gasteiger partial charge in [0, 0.05) is 0 Å². The van der Waals surface area contributed by atoms with Crippen LogP contribution in [0.1, 0.15) is 0 Å². The van der Waals surface area contributed by atoms with Gasteiger partial charge in [0.15, 0.2) is 6.10 Å². The monoisotopic (exact) mass is 291 g/mol. The van der Waals surface area contributed by atoms with Crippen LogP contribution in [0.25, 0.3) is 0 Å². The fourth-order valence-corrected chi connectivity index (χ4v) is 2.16. The third kappa shape index (κ3) is 3.24. The largest absolute Gasteiger partial charge is 0.480 e. The first-order chi connectivity index (χ1) is 9.47. The van der Waals surface area contributed by atoms with Gasteiger partial charge in [-0.05, 0) is 0 Å². The highest BCUT2D eigenvalue weighted by molar-refractivity contribution is 5.80. The summed E-state index contributed by atoms with van der Waals surface area (Å²) in [7, 11) is 0. The summed E-state index contributed by atoms with van der Waals surface area (Å²) in [5.41, 5.74) is 0. The molecule has 2 heterocycles. The predicted octanol–water partition coefficient (Wildman–Crippen LogP) is -1.89. The van der Waals surface area contributed by atoms with E-state index >= 15 is 0 Å². The Morgan fingerprint density at radius 2 is 2.05 bits per heavy atom. The molecule has 0 aromatic rings. The maximum Gasteiger partial charge on any atom is 0.323 e. The summed E-state index contributed by atoms with van der Waals surface area (Å²) in [6.45, 7) is -0.417. The molecular formula is C9H13N3O8. The standard InChI is InChI=1S/C9H13N3O8/c13-6(14)1-10-9(15)11-4-2-18-8-5(20-12(16)17)3-19-7(4)8/h4-5,7-8H,1-3H2,(H,13,14)(H2,10,11,15)/t4-,5+,7+,8+/m0/s1. The molecule has 3 N–H and O–H groups in total. The van der Waals surface area contributed by atoms with Crippen molar-refractivity contribution in [3.8, 4) is 0 Å². The molecule has 2 aliphatic heterocycles. The molecule has 11 nitrogen and oxygen atoms in total. The molecule has 0 aromatic heterocycles. The summed E-state index contributed by atoms with van der Waals surface area (Å²) in [6.07, 6.45) is -2.02. The average molecular weight is 291 g/mol. The van der Waals surface area contributed by atoms with Crippen molar-refractivity contribution in [2.75, 3.05) is 19.8 Å². The third-order valence-electron chi connectivity index (χ3n) is 2.95. The van der Waals surface area contributed by atoms with Crippen molar-refractivity contribution in [2.24, 2.45) is 0 Å². The number of carbonyl (C=O) groups excluding carboxylic acids is 1. The first kappa shape index (κ1) is 14.3. The Balaban J connectivity index is 1.83. The lowest BCUT2D eigenvalue weighted by Gasteiger charge is -2.17. The molecular weight excluding hydrogens is 278 g/mol. The molecule has 0 bridgehead atoms. The minimum atomic E-state index is -1.17. The van der Waals surface area contributed by atoms with Gasteiger partial charge in [0.25, 0.3) is 5.09 Å². The van der Waals surface area contributed by atoms with Gasteiger partial charge in [-0.15, -0.1) is 10.1 Å². The van der Waals surface area contributed by atoms with Crippen LogP contribution in [-0.4, -0.2) is 66.3 Å². The Bertz CT molecular complexity index is 416. The fraction of sp³-hybridized carbons (Fsp3) is 0.778. The van der Waals surface area contributed by atoms with Gasteiger partial charge in [0.2, 0.25) is 0 Å². The second-order valence-electron chi connectivity index (χ2n) is 4.29. The van der Waals surface area contributed by atoms with Crippen LogP contribution in [0, 0.1) is 10.1 Å². The minimum Gasteiger partial charge on any atom is -0.480 e. The van der Waals surface area contributed by atoms with Gasteiger partial charge in [-0.25, -0.2) is 4.79 Å². The Morgan fingerprint density at radius 1 is 1.35 bits per heavy atom. The first-order valence-corrected chi connectivity index (χ1v) is 5.78. The van der Waals surface area contributed by atoms with Gasteiger partial charge in [-0.1, -0.05) is 0 Å². The van der Waals surface area contributed by atoms with E-state index in [-0.39, 0.29) is 13.2 Å². The molecule has 0 radical (unpaired) electrons. The molecule has 2 amide bonds. The Kier molecular flexibility index (Phi) is 4.20. The molecule has 0 saturated carbocycles. The van der Waals surface area contributed by atoms with Crippen molar-refractivity contribution in [3.63, 3.8) is 0 Å². The first-order valence-electron chi connectivity index (χ1n) is 5.78. The van der Waals surface area contributed by atoms with Gasteiger partial charge in [-0.3, -0.25) is 4.79 Å². The van der Waals surface area contributed by atoms with Gasteiger partial charge < -0.3 is 30.1 Å². The average Bonchev–Trinajstić information content (AvgIpc) is 2.91. The van der Waals surface area contributed by atoms with E-state index in [4.69, 9.17) is 14.6 Å². The number of hydrogen-bond donors (Lipinski definition) is 3. The number of nitrogens with zero attached hydrogens (tertiary/aromatic N) is 1. The number of hydrogen-bond acceptors (Lipinski definition) is 7. The summed E-state index contributed by atoms with van der Waals surface area (Å²) in [6, 6.07) is -1.20. The van der Waals surface area contributed by atoms with Crippen molar-refractivity contribution in [2.45, 2.75) is 24.4 Å². The third-order valence-corrected chi connectivity index (χ3v) is 2.95. The van der Waals surface area contributed by atoms with Crippen LogP contribution in [0.15, 0.2) is 0 Å². The van der Waals surface area contributed by atoms with Gasteiger partial charge in [0.05, 0.1) is 19.3 Å². The highest BCUT2D eigenvalue weighted by atomic mass is 17.0. The molecule has 0 unspecified atom stereocenters. The van der Waals surface area contributed by atoms with Crippen LogP contribution in [0.4, 0.5) is 4.79 Å². The number of aliphatic carboxylic acids is 1. The van der Waals surface area contributed by atoms with Crippen LogP contribution < -0.4 is 10.6 Å². The van der Waals surface area contributed by atoms with Gasteiger partial charge in [0.1, 0.15) is 18.8 Å². The molecule has 112 valence electrons. The number of urea groups is 1. The SMILES string of the molecule is O=C(O)CNC(=O)N[C@H]1CO[C@H]2[C@@H]1OC[C@H]2O[N+](=O)[O-]. The molecule has 2 aliphatic rings. The zero-order valence-electron chi connectivity index (χ0n) is 10.2. The highest BCUT2D eigenvalue weighted by Crippen LogP contribution is 2.28. The number of carbonyl (C=O) groups is 2. The van der Waals surface area contributed by atoms with Crippen molar-refractivity contribution < 1.29 is 34.1 Å². The Morgan fingerprint density at radius 3 is 2.70 bits per heavy atom. The molecule has 2 fully saturated rings. The topological polar surface area (TPSA) is 149 Å². The van der Waals surface area contributed by atoms with Crippen LogP contribution in [0.3, 0.4) is 0 Å². The zero-order chi connectivity index (χ0) is 14.7. The van der Waals surface area contributed by atoms with Gasteiger partial charge >= 0.3 is 12.0 Å². The normalized spacial score (nSPS) is 31.4. The molecule has 2 saturated heterocycles. The molecule has 0 spiro atoms. The second-order valence-corrected chi connectivity index (χ2v) is 4.29. The lowest BCUT2D eigenvalue weighted by molar-refractivity contribution is -0.769. The number of amides is 2. The maximum absolute atomic E-state index is 11.4. The summed E-state index contributed by atoms with van der Waals surface area (Å²) < 4.78 is 10.6. The van der Waals surface area contributed by atoms with E-state index in [0.717, 1.165) is 0 Å². The minimum absolute atomic E-state index is 0.00869. The van der Waals surface area contributed by atoms with Crippen LogP contribution >= 0.6 is 0 Å². The molecule has 20 heavy (non-hydrogen) atoms. The Labute approximate surface area is 112 Å². The van der Waals surface area contributed by atoms with Crippen molar-refractivity contribution in [1.29, 1.82) is 0 Å². The second kappa shape index (κ2) is 5.88. The van der Waals surface area contributed by atoms with Crippen molar-refractivity contribution in [3.05, 3.63) is 10.1 Å². The summed E-state index contributed by atoms with van der Waals surface area (Å²) in [5, 5.41) is 22.4. The van der Waals surface area contributed by atoms with Crippen molar-refractivity contribution >= 4 is 12.0 Å². The van der Waals surface area contributed by atoms with E-state index in [1.165, 1.54) is 0 Å². The fourth-order valence-electron chi connectivity index (χ4n) is 2.16. The molecule has 4 atom stereocenters. The predicted molar refractivity (Wildman–Crippen MR) is 59.3 cm³/mol. The number of ether oxygens (including phenoxy) is 2. The number of rotatable bonds is 5. The van der Waals surface area contributed by atoms with E-state index in [0.29, 0.717) is 0 Å². The Hall–Kier alpha value is -2.14. The van der Waals surface area contributed by atoms with E-state index in [9.17, 15) is 19.7 Å². The number of nitrogens with one attached hydrogen (secondary N) is 2. The number of carboxylic acids is 1. The highest BCUT2D eigenvalue weighted by Gasteiger charge is 2.49. The van der Waals surface area contributed by atoms with Crippen LogP contribution in [0.5, 0.6) is 0 Å². The summed E-state index contributed by atoms with van der Waals surface area (Å²) in [5.74, 6) is -1.17. The van der Waals surface area contributed by atoms with Crippen LogP contribution in [-0.2, 0) is 19.1 Å². The quantitative estimate of drug-likeness (QED) is 0.393. The van der Waals surface area contributed by atoms with E-state index in [2.05, 4.69) is 15.5 Å². The molecule has 0 aromatic carbocycles. The smallest absolute Gasteiger partial charge is 0.323 e. The number of carboxylic acid groups (broad SMARTS) is 1.